The van der Waals surface area contributed by atoms with E-state index in [2.05, 4.69) is 37.3 Å². The lowest BCUT2D eigenvalue weighted by atomic mass is 9.95. The molecule has 1 nitrogen and oxygen atoms in total. The van der Waals surface area contributed by atoms with Crippen molar-refractivity contribution in [2.24, 2.45) is 0 Å². The Kier molecular flexibility index (Phi) is 6.25. The largest absolute Gasteiger partial charge is 0.385 e. The van der Waals surface area contributed by atoms with E-state index < -0.39 is 5.60 Å². The molecular weight excluding hydrogens is 276 g/mol. The van der Waals surface area contributed by atoms with E-state index in [1.54, 1.807) is 11.3 Å². The van der Waals surface area contributed by atoms with Crippen molar-refractivity contribution in [1.29, 1.82) is 0 Å². The molecule has 1 heterocycles. The molecule has 0 amide bonds. The average molecular weight is 304 g/mol. The Morgan fingerprint density at radius 3 is 2.38 bits per heavy atom. The number of rotatable bonds is 9. The van der Waals surface area contributed by atoms with Gasteiger partial charge in [-0.15, -0.1) is 11.3 Å². The van der Waals surface area contributed by atoms with Gasteiger partial charge in [0.05, 0.1) is 5.60 Å². The van der Waals surface area contributed by atoms with Crippen LogP contribution in [0.1, 0.15) is 70.1 Å². The predicted molar refractivity (Wildman–Crippen MR) is 94.0 cm³/mol. The topological polar surface area (TPSA) is 20.2 Å². The van der Waals surface area contributed by atoms with Crippen LogP contribution >= 0.6 is 11.3 Å². The summed E-state index contributed by atoms with van der Waals surface area (Å²) in [6.45, 7) is 4.22. The first-order valence-corrected chi connectivity index (χ1v) is 9.16. The van der Waals surface area contributed by atoms with E-state index in [9.17, 15) is 5.11 Å². The van der Waals surface area contributed by atoms with Crippen LogP contribution in [0.15, 0.2) is 30.3 Å². The van der Waals surface area contributed by atoms with Crippen molar-refractivity contribution in [1.82, 2.24) is 0 Å². The van der Waals surface area contributed by atoms with Crippen LogP contribution in [-0.4, -0.2) is 5.11 Å². The monoisotopic (exact) mass is 304 g/mol. The van der Waals surface area contributed by atoms with Crippen LogP contribution in [0.4, 0.5) is 0 Å². The predicted octanol–water partition coefficient (Wildman–Crippen LogP) is 6.25. The van der Waals surface area contributed by atoms with Crippen LogP contribution in [-0.2, 0) is 5.60 Å². The maximum atomic E-state index is 10.7. The minimum atomic E-state index is -0.674. The van der Waals surface area contributed by atoms with E-state index in [4.69, 9.17) is 0 Å². The highest BCUT2D eigenvalue weighted by Crippen LogP contribution is 2.36. The molecule has 2 heteroatoms. The molecule has 0 saturated carbocycles. The SMILES string of the molecule is CCCCCCCCCC(C)(O)c1cc2ccccc2s1. The number of fused-ring (bicyclic) bond motifs is 1. The summed E-state index contributed by atoms with van der Waals surface area (Å²) in [6.07, 6.45) is 9.91. The summed E-state index contributed by atoms with van der Waals surface area (Å²) in [6, 6.07) is 10.5. The molecule has 1 unspecified atom stereocenters. The van der Waals surface area contributed by atoms with Gasteiger partial charge in [-0.05, 0) is 30.9 Å². The van der Waals surface area contributed by atoms with E-state index in [0.717, 1.165) is 17.7 Å². The van der Waals surface area contributed by atoms with Gasteiger partial charge in [0.25, 0.3) is 0 Å². The van der Waals surface area contributed by atoms with Gasteiger partial charge in [-0.1, -0.05) is 70.1 Å². The molecular formula is C19H28OS. The first-order valence-electron chi connectivity index (χ1n) is 8.35. The minimum absolute atomic E-state index is 0.674. The lowest BCUT2D eigenvalue weighted by Crippen LogP contribution is -2.19. The maximum absolute atomic E-state index is 10.7. The molecule has 1 aromatic heterocycles. The number of hydrogen-bond acceptors (Lipinski definition) is 2. The standard InChI is InChI=1S/C19H28OS/c1-3-4-5-6-7-8-11-14-19(2,20)18-15-16-12-9-10-13-17(16)21-18/h9-10,12-13,15,20H,3-8,11,14H2,1-2H3. The highest BCUT2D eigenvalue weighted by molar-refractivity contribution is 7.19. The second-order valence-electron chi connectivity index (χ2n) is 6.29. The molecule has 0 bridgehead atoms. The molecule has 2 rings (SSSR count). The zero-order valence-corrected chi connectivity index (χ0v) is 14.2. The van der Waals surface area contributed by atoms with Gasteiger partial charge in [-0.3, -0.25) is 0 Å². The highest BCUT2D eigenvalue weighted by Gasteiger charge is 2.24. The molecule has 0 aliphatic rings. The van der Waals surface area contributed by atoms with Crippen LogP contribution < -0.4 is 0 Å². The molecule has 1 N–H and O–H groups in total. The zero-order valence-electron chi connectivity index (χ0n) is 13.4. The highest BCUT2D eigenvalue weighted by atomic mass is 32.1. The van der Waals surface area contributed by atoms with Crippen molar-refractivity contribution in [2.45, 2.75) is 70.8 Å². The second-order valence-corrected chi connectivity index (χ2v) is 7.38. The Morgan fingerprint density at radius 1 is 1.00 bits per heavy atom. The molecule has 1 aromatic carbocycles. The quantitative estimate of drug-likeness (QED) is 0.543. The first kappa shape index (κ1) is 16.5. The zero-order chi connectivity index (χ0) is 15.1. The minimum Gasteiger partial charge on any atom is -0.385 e. The molecule has 0 aliphatic carbocycles. The van der Waals surface area contributed by atoms with Crippen LogP contribution in [0.25, 0.3) is 10.1 Å². The molecule has 1 atom stereocenters. The van der Waals surface area contributed by atoms with E-state index in [1.165, 1.54) is 48.6 Å². The average Bonchev–Trinajstić information content (AvgIpc) is 2.91. The van der Waals surface area contributed by atoms with Crippen molar-refractivity contribution >= 4 is 21.4 Å². The Morgan fingerprint density at radius 2 is 1.67 bits per heavy atom. The molecule has 0 spiro atoms. The first-order chi connectivity index (χ1) is 10.1. The van der Waals surface area contributed by atoms with Gasteiger partial charge < -0.3 is 5.11 Å². The van der Waals surface area contributed by atoms with Gasteiger partial charge in [0.1, 0.15) is 0 Å². The number of aliphatic hydroxyl groups is 1. The van der Waals surface area contributed by atoms with Gasteiger partial charge in [-0.2, -0.15) is 0 Å². The summed E-state index contributed by atoms with van der Waals surface area (Å²) in [7, 11) is 0. The van der Waals surface area contributed by atoms with E-state index in [-0.39, 0.29) is 0 Å². The van der Waals surface area contributed by atoms with Gasteiger partial charge >= 0.3 is 0 Å². The Labute approximate surface area is 133 Å². The molecule has 0 saturated heterocycles. The third kappa shape index (κ3) is 4.82. The fourth-order valence-electron chi connectivity index (χ4n) is 2.80. The number of hydrogen-bond donors (Lipinski definition) is 1. The van der Waals surface area contributed by atoms with Gasteiger partial charge in [-0.25, -0.2) is 0 Å². The fourth-order valence-corrected chi connectivity index (χ4v) is 3.93. The smallest absolute Gasteiger partial charge is 0.0960 e. The van der Waals surface area contributed by atoms with E-state index in [0.29, 0.717) is 0 Å². The molecule has 0 fully saturated rings. The fraction of sp³-hybridized carbons (Fsp3) is 0.579. The summed E-state index contributed by atoms with van der Waals surface area (Å²) in [5.41, 5.74) is -0.674. The third-order valence-electron chi connectivity index (χ3n) is 4.22. The summed E-state index contributed by atoms with van der Waals surface area (Å²) in [5, 5.41) is 12.0. The van der Waals surface area contributed by atoms with Gasteiger partial charge in [0.2, 0.25) is 0 Å². The van der Waals surface area contributed by atoms with Crippen LogP contribution in [0.5, 0.6) is 0 Å². The number of benzene rings is 1. The van der Waals surface area contributed by atoms with E-state index in [1.807, 2.05) is 6.92 Å². The van der Waals surface area contributed by atoms with Gasteiger partial charge in [0, 0.05) is 9.58 Å². The summed E-state index contributed by atoms with van der Waals surface area (Å²) in [5.74, 6) is 0. The maximum Gasteiger partial charge on any atom is 0.0960 e. The van der Waals surface area contributed by atoms with Crippen molar-refractivity contribution < 1.29 is 5.11 Å². The van der Waals surface area contributed by atoms with Gasteiger partial charge in [0.15, 0.2) is 0 Å². The molecule has 116 valence electrons. The van der Waals surface area contributed by atoms with Crippen LogP contribution in [0.3, 0.4) is 0 Å². The molecule has 2 aromatic rings. The van der Waals surface area contributed by atoms with E-state index >= 15 is 0 Å². The number of thiophene rings is 1. The lowest BCUT2D eigenvalue weighted by Gasteiger charge is -2.21. The van der Waals surface area contributed by atoms with Crippen LogP contribution in [0, 0.1) is 0 Å². The summed E-state index contributed by atoms with van der Waals surface area (Å²) >= 11 is 1.73. The Hall–Kier alpha value is -0.860. The second kappa shape index (κ2) is 7.95. The molecule has 21 heavy (non-hydrogen) atoms. The molecule has 0 aliphatic heterocycles. The van der Waals surface area contributed by atoms with Crippen molar-refractivity contribution in [3.05, 3.63) is 35.2 Å². The number of unbranched alkanes of at least 4 members (excludes halogenated alkanes) is 6. The normalized spacial score (nSPS) is 14.4. The van der Waals surface area contributed by atoms with Crippen LogP contribution in [0.2, 0.25) is 0 Å². The Bertz CT molecular complexity index is 508. The third-order valence-corrected chi connectivity index (χ3v) is 5.59. The summed E-state index contributed by atoms with van der Waals surface area (Å²) < 4.78 is 1.27. The molecule has 0 radical (unpaired) electrons. The lowest BCUT2D eigenvalue weighted by molar-refractivity contribution is 0.0486. The Balaban J connectivity index is 1.81. The van der Waals surface area contributed by atoms with Crippen molar-refractivity contribution in [2.75, 3.05) is 0 Å². The summed E-state index contributed by atoms with van der Waals surface area (Å²) in [4.78, 5) is 1.11. The van der Waals surface area contributed by atoms with Crippen molar-refractivity contribution in [3.63, 3.8) is 0 Å². The van der Waals surface area contributed by atoms with Crippen molar-refractivity contribution in [3.8, 4) is 0 Å².